The normalized spacial score (nSPS) is 22.6. The summed E-state index contributed by atoms with van der Waals surface area (Å²) in [6.45, 7) is 4.29. The molecule has 5 nitrogen and oxygen atoms in total. The van der Waals surface area contributed by atoms with Gasteiger partial charge in [0.2, 0.25) is 0 Å². The van der Waals surface area contributed by atoms with Gasteiger partial charge >= 0.3 is 5.97 Å². The number of allylic oxidation sites excluding steroid dienone is 1. The summed E-state index contributed by atoms with van der Waals surface area (Å²) < 4.78 is 5.09. The molecule has 1 amide bonds. The van der Waals surface area contributed by atoms with Gasteiger partial charge in [0.1, 0.15) is 0 Å². The third kappa shape index (κ3) is 2.72. The Kier molecular flexibility index (Phi) is 4.18. The number of carboxylic acid groups (broad SMARTS) is 1. The quantitative estimate of drug-likeness (QED) is 0.868. The van der Waals surface area contributed by atoms with Gasteiger partial charge < -0.3 is 14.4 Å². The van der Waals surface area contributed by atoms with Crippen molar-refractivity contribution in [2.75, 3.05) is 13.1 Å². The Labute approximate surface area is 121 Å². The first-order chi connectivity index (χ1) is 9.48. The van der Waals surface area contributed by atoms with E-state index < -0.39 is 11.4 Å². The van der Waals surface area contributed by atoms with Crippen LogP contribution < -0.4 is 0 Å². The van der Waals surface area contributed by atoms with Gasteiger partial charge in [0.25, 0.3) is 5.91 Å². The highest BCUT2D eigenvalue weighted by Crippen LogP contribution is 2.35. The average molecular weight is 298 g/mol. The molecule has 0 aromatic carbocycles. The summed E-state index contributed by atoms with van der Waals surface area (Å²) in [6.07, 6.45) is 3.11. The van der Waals surface area contributed by atoms with E-state index in [1.54, 1.807) is 6.08 Å². The largest absolute Gasteiger partial charge is 0.481 e. The molecule has 0 radical (unpaired) electrons. The first-order valence-corrected chi connectivity index (χ1v) is 6.75. The second-order valence-electron chi connectivity index (χ2n) is 5.01. The summed E-state index contributed by atoms with van der Waals surface area (Å²) >= 11 is 5.65. The molecule has 0 saturated carbocycles. The van der Waals surface area contributed by atoms with Crippen LogP contribution in [0.1, 0.15) is 29.8 Å². The molecule has 1 aromatic rings. The Morgan fingerprint density at radius 3 is 2.85 bits per heavy atom. The van der Waals surface area contributed by atoms with Crippen molar-refractivity contribution in [3.05, 3.63) is 35.8 Å². The van der Waals surface area contributed by atoms with Gasteiger partial charge in [-0.1, -0.05) is 6.08 Å². The predicted octanol–water partition coefficient (Wildman–Crippen LogP) is 2.82. The van der Waals surface area contributed by atoms with E-state index in [1.165, 1.54) is 17.0 Å². The molecule has 1 aliphatic heterocycles. The molecule has 20 heavy (non-hydrogen) atoms. The molecule has 0 unspecified atom stereocenters. The van der Waals surface area contributed by atoms with E-state index in [2.05, 4.69) is 6.58 Å². The smallest absolute Gasteiger partial charge is 0.311 e. The Balaban J connectivity index is 2.19. The number of rotatable bonds is 4. The maximum Gasteiger partial charge on any atom is 0.311 e. The summed E-state index contributed by atoms with van der Waals surface area (Å²) in [7, 11) is 0. The molecule has 0 spiro atoms. The zero-order chi connectivity index (χ0) is 14.8. The molecule has 1 saturated heterocycles. The lowest BCUT2D eigenvalue weighted by Gasteiger charge is -2.39. The monoisotopic (exact) mass is 297 g/mol. The number of likely N-dealkylation sites (tertiary alicyclic amines) is 1. The van der Waals surface area contributed by atoms with Crippen molar-refractivity contribution in [1.82, 2.24) is 4.90 Å². The average Bonchev–Trinajstić information content (AvgIpc) is 2.85. The fraction of sp³-hybridized carbons (Fsp3) is 0.429. The number of hydrogen-bond donors (Lipinski definition) is 1. The SMILES string of the molecule is C=CC[C@]1(C(=O)O)CCCN(C(=O)c2ccc(Cl)o2)C1. The van der Waals surface area contributed by atoms with Gasteiger partial charge in [-0.25, -0.2) is 0 Å². The molecule has 1 fully saturated rings. The van der Waals surface area contributed by atoms with Crippen LogP contribution in [0.15, 0.2) is 29.2 Å². The minimum atomic E-state index is -0.952. The molecule has 1 aromatic heterocycles. The number of halogens is 1. The zero-order valence-corrected chi connectivity index (χ0v) is 11.7. The van der Waals surface area contributed by atoms with E-state index in [9.17, 15) is 14.7 Å². The zero-order valence-electron chi connectivity index (χ0n) is 11.0. The Hall–Kier alpha value is -1.75. The van der Waals surface area contributed by atoms with E-state index in [1.807, 2.05) is 0 Å². The van der Waals surface area contributed by atoms with Crippen LogP contribution in [0.25, 0.3) is 0 Å². The highest BCUT2D eigenvalue weighted by atomic mass is 35.5. The van der Waals surface area contributed by atoms with Gasteiger partial charge in [-0.2, -0.15) is 0 Å². The fourth-order valence-corrected chi connectivity index (χ4v) is 2.74. The van der Waals surface area contributed by atoms with Crippen molar-refractivity contribution in [3.8, 4) is 0 Å². The van der Waals surface area contributed by atoms with Crippen molar-refractivity contribution >= 4 is 23.5 Å². The predicted molar refractivity (Wildman–Crippen MR) is 73.7 cm³/mol. The minimum absolute atomic E-state index is 0.134. The number of carboxylic acids is 1. The van der Waals surface area contributed by atoms with E-state index in [0.29, 0.717) is 25.8 Å². The van der Waals surface area contributed by atoms with Crippen molar-refractivity contribution in [3.63, 3.8) is 0 Å². The van der Waals surface area contributed by atoms with Crippen LogP contribution in [0.4, 0.5) is 0 Å². The topological polar surface area (TPSA) is 70.8 Å². The molecule has 0 aliphatic carbocycles. The Morgan fingerprint density at radius 1 is 1.55 bits per heavy atom. The molecular weight excluding hydrogens is 282 g/mol. The van der Waals surface area contributed by atoms with Crippen molar-refractivity contribution in [1.29, 1.82) is 0 Å². The summed E-state index contributed by atoms with van der Waals surface area (Å²) in [5.74, 6) is -1.09. The van der Waals surface area contributed by atoms with Gasteiger partial charge in [-0.15, -0.1) is 6.58 Å². The van der Waals surface area contributed by atoms with Gasteiger partial charge in [0, 0.05) is 13.1 Å². The highest BCUT2D eigenvalue weighted by molar-refractivity contribution is 6.29. The lowest BCUT2D eigenvalue weighted by Crippen LogP contribution is -2.49. The van der Waals surface area contributed by atoms with Crippen molar-refractivity contribution in [2.45, 2.75) is 19.3 Å². The number of aliphatic carboxylic acids is 1. The third-order valence-electron chi connectivity index (χ3n) is 3.64. The van der Waals surface area contributed by atoms with Crippen LogP contribution in [0.5, 0.6) is 0 Å². The summed E-state index contributed by atoms with van der Waals surface area (Å²) in [4.78, 5) is 25.3. The Morgan fingerprint density at radius 2 is 2.30 bits per heavy atom. The third-order valence-corrected chi connectivity index (χ3v) is 3.84. The van der Waals surface area contributed by atoms with Crippen LogP contribution in [-0.4, -0.2) is 35.0 Å². The minimum Gasteiger partial charge on any atom is -0.481 e. The maximum atomic E-state index is 12.3. The van der Waals surface area contributed by atoms with Crippen LogP contribution in [0, 0.1) is 5.41 Å². The molecule has 6 heteroatoms. The molecular formula is C14H16ClNO4. The fourth-order valence-electron chi connectivity index (χ4n) is 2.59. The number of nitrogens with zero attached hydrogens (tertiary/aromatic N) is 1. The first-order valence-electron chi connectivity index (χ1n) is 6.37. The van der Waals surface area contributed by atoms with Crippen LogP contribution in [0.3, 0.4) is 0 Å². The number of furan rings is 1. The van der Waals surface area contributed by atoms with E-state index >= 15 is 0 Å². The summed E-state index contributed by atoms with van der Waals surface area (Å²) in [5, 5.41) is 9.60. The molecule has 2 rings (SSSR count). The molecule has 108 valence electrons. The molecule has 2 heterocycles. The number of carbonyl (C=O) groups excluding carboxylic acids is 1. The highest BCUT2D eigenvalue weighted by Gasteiger charge is 2.43. The first kappa shape index (κ1) is 14.7. The van der Waals surface area contributed by atoms with Gasteiger partial charge in [-0.05, 0) is 43.0 Å². The second kappa shape index (κ2) is 5.71. The van der Waals surface area contributed by atoms with Crippen molar-refractivity contribution < 1.29 is 19.1 Å². The van der Waals surface area contributed by atoms with Crippen LogP contribution in [-0.2, 0) is 4.79 Å². The second-order valence-corrected chi connectivity index (χ2v) is 5.38. The number of piperidine rings is 1. The van der Waals surface area contributed by atoms with Gasteiger partial charge in [-0.3, -0.25) is 9.59 Å². The van der Waals surface area contributed by atoms with E-state index in [0.717, 1.165) is 0 Å². The van der Waals surface area contributed by atoms with Crippen molar-refractivity contribution in [2.24, 2.45) is 5.41 Å². The molecule has 1 N–H and O–H groups in total. The van der Waals surface area contributed by atoms with Gasteiger partial charge in [0.05, 0.1) is 5.41 Å². The number of hydrogen-bond acceptors (Lipinski definition) is 3. The molecule has 1 aliphatic rings. The summed E-state index contributed by atoms with van der Waals surface area (Å²) in [6, 6.07) is 2.99. The standard InChI is InChI=1S/C14H16ClNO4/c1-2-6-14(13(18)19)7-3-8-16(9-14)12(17)10-4-5-11(15)20-10/h2,4-5H,1,3,6-9H2,(H,18,19)/t14-/m0/s1. The Bertz CT molecular complexity index is 539. The van der Waals surface area contributed by atoms with Crippen LogP contribution in [0.2, 0.25) is 5.22 Å². The lowest BCUT2D eigenvalue weighted by molar-refractivity contribution is -0.151. The van der Waals surface area contributed by atoms with E-state index in [4.69, 9.17) is 16.0 Å². The molecule has 1 atom stereocenters. The maximum absolute atomic E-state index is 12.3. The van der Waals surface area contributed by atoms with Gasteiger partial charge in [0.15, 0.2) is 11.0 Å². The molecule has 0 bridgehead atoms. The summed E-state index contributed by atoms with van der Waals surface area (Å²) in [5.41, 5.74) is -0.952. The lowest BCUT2D eigenvalue weighted by atomic mass is 9.77. The van der Waals surface area contributed by atoms with Crippen LogP contribution >= 0.6 is 11.6 Å². The van der Waals surface area contributed by atoms with E-state index in [-0.39, 0.29) is 23.4 Å². The number of carbonyl (C=O) groups is 2. The number of amides is 1.